The maximum atomic E-state index is 13.3. The van der Waals surface area contributed by atoms with E-state index in [0.29, 0.717) is 16.1 Å². The van der Waals surface area contributed by atoms with Crippen molar-refractivity contribution < 1.29 is 13.9 Å². The highest BCUT2D eigenvalue weighted by Gasteiger charge is 2.14. The molecule has 0 saturated carbocycles. The number of carbonyl (C=O) groups excluding carboxylic acids is 1. The van der Waals surface area contributed by atoms with Gasteiger partial charge in [-0.05, 0) is 28.6 Å². The predicted molar refractivity (Wildman–Crippen MR) is 102 cm³/mol. The Hall–Kier alpha value is -3.13. The minimum Gasteiger partial charge on any atom is -0.465 e. The second-order valence-corrected chi connectivity index (χ2v) is 6.14. The van der Waals surface area contributed by atoms with Gasteiger partial charge in [0, 0.05) is 35.8 Å². The molecule has 6 nitrogen and oxygen atoms in total. The fourth-order valence-corrected chi connectivity index (χ4v) is 3.32. The first-order valence-electron chi connectivity index (χ1n) is 8.28. The number of thiophene rings is 1. The average molecular weight is 384 g/mol. The largest absolute Gasteiger partial charge is 0.465 e. The summed E-state index contributed by atoms with van der Waals surface area (Å²) in [6.07, 6.45) is 6.52. The summed E-state index contributed by atoms with van der Waals surface area (Å²) in [4.78, 5) is 20.1. The standard InChI is InChI=1S/C17H11FN4O2S.C2H6/c1-24-17(23)14-4-11(9-25-14)13-7-21-22-8-12(6-20-16(13)22)10-2-3-19-15(18)5-10;1-2/h2-9H,1H3;1-2H3. The first-order chi connectivity index (χ1) is 13.2. The smallest absolute Gasteiger partial charge is 0.348 e. The van der Waals surface area contributed by atoms with Crippen LogP contribution in [0.4, 0.5) is 4.39 Å². The maximum absolute atomic E-state index is 13.3. The van der Waals surface area contributed by atoms with Crippen LogP contribution in [0, 0.1) is 5.95 Å². The highest BCUT2D eigenvalue weighted by Crippen LogP contribution is 2.29. The molecule has 27 heavy (non-hydrogen) atoms. The molecule has 0 amide bonds. The zero-order valence-corrected chi connectivity index (χ0v) is 15.8. The first-order valence-corrected chi connectivity index (χ1v) is 9.16. The van der Waals surface area contributed by atoms with Crippen LogP contribution in [0.2, 0.25) is 0 Å². The summed E-state index contributed by atoms with van der Waals surface area (Å²) < 4.78 is 19.6. The number of carbonyl (C=O) groups is 1. The van der Waals surface area contributed by atoms with Gasteiger partial charge in [-0.25, -0.2) is 19.3 Å². The topological polar surface area (TPSA) is 69.4 Å². The van der Waals surface area contributed by atoms with E-state index in [-0.39, 0.29) is 5.97 Å². The van der Waals surface area contributed by atoms with E-state index in [1.165, 1.54) is 30.7 Å². The third kappa shape index (κ3) is 3.70. The Morgan fingerprint density at radius 2 is 1.96 bits per heavy atom. The van der Waals surface area contributed by atoms with Gasteiger partial charge in [0.05, 0.1) is 13.3 Å². The molecular weight excluding hydrogens is 367 g/mol. The SMILES string of the molecule is CC.COC(=O)c1cc(-c2cnn3cc(-c4ccnc(F)c4)cnc23)cs1. The summed E-state index contributed by atoms with van der Waals surface area (Å²) in [6, 6.07) is 4.80. The fourth-order valence-electron chi connectivity index (χ4n) is 2.49. The predicted octanol–water partition coefficient (Wildman–Crippen LogP) is 4.47. The van der Waals surface area contributed by atoms with Crippen molar-refractivity contribution in [3.63, 3.8) is 0 Å². The number of methoxy groups -OCH3 is 1. The summed E-state index contributed by atoms with van der Waals surface area (Å²) in [7, 11) is 1.35. The van der Waals surface area contributed by atoms with Crippen molar-refractivity contribution in [2.24, 2.45) is 0 Å². The Morgan fingerprint density at radius 3 is 2.70 bits per heavy atom. The molecular formula is C19H17FN4O2S. The molecule has 0 saturated heterocycles. The Labute approximate surface area is 159 Å². The van der Waals surface area contributed by atoms with Crippen LogP contribution in [0.3, 0.4) is 0 Å². The molecule has 8 heteroatoms. The van der Waals surface area contributed by atoms with Crippen molar-refractivity contribution in [3.8, 4) is 22.3 Å². The molecule has 0 aliphatic rings. The molecule has 0 aliphatic carbocycles. The number of fused-ring (bicyclic) bond motifs is 1. The Balaban J connectivity index is 0.00000102. The summed E-state index contributed by atoms with van der Waals surface area (Å²) in [5.74, 6) is -0.921. The molecule has 0 N–H and O–H groups in total. The van der Waals surface area contributed by atoms with E-state index in [1.807, 2.05) is 19.2 Å². The third-order valence-corrected chi connectivity index (χ3v) is 4.62. The van der Waals surface area contributed by atoms with Crippen molar-refractivity contribution in [2.45, 2.75) is 13.8 Å². The summed E-state index contributed by atoms with van der Waals surface area (Å²) in [5.41, 5.74) is 3.69. The molecule has 4 aromatic heterocycles. The molecule has 0 aliphatic heterocycles. The third-order valence-electron chi connectivity index (χ3n) is 3.71. The minimum absolute atomic E-state index is 0.373. The molecule has 0 fully saturated rings. The number of nitrogens with zero attached hydrogens (tertiary/aromatic N) is 4. The molecule has 0 bridgehead atoms. The lowest BCUT2D eigenvalue weighted by molar-refractivity contribution is 0.0606. The number of halogens is 1. The molecule has 0 atom stereocenters. The van der Waals surface area contributed by atoms with E-state index in [2.05, 4.69) is 15.1 Å². The fraction of sp³-hybridized carbons (Fsp3) is 0.158. The molecule has 0 aromatic carbocycles. The van der Waals surface area contributed by atoms with Crippen molar-refractivity contribution in [1.29, 1.82) is 0 Å². The van der Waals surface area contributed by atoms with Crippen LogP contribution >= 0.6 is 11.3 Å². The van der Waals surface area contributed by atoms with Gasteiger partial charge in [-0.3, -0.25) is 0 Å². The van der Waals surface area contributed by atoms with Crippen LogP contribution in [0.5, 0.6) is 0 Å². The van der Waals surface area contributed by atoms with E-state index in [1.54, 1.807) is 35.2 Å². The van der Waals surface area contributed by atoms with Crippen LogP contribution in [0.15, 0.2) is 48.4 Å². The summed E-state index contributed by atoms with van der Waals surface area (Å²) in [6.45, 7) is 4.00. The van der Waals surface area contributed by atoms with Crippen LogP contribution in [-0.2, 0) is 4.74 Å². The second-order valence-electron chi connectivity index (χ2n) is 5.23. The Bertz CT molecular complexity index is 1090. The van der Waals surface area contributed by atoms with Gasteiger partial charge in [-0.1, -0.05) is 13.8 Å². The van der Waals surface area contributed by atoms with Gasteiger partial charge < -0.3 is 4.74 Å². The first kappa shape index (κ1) is 18.7. The monoisotopic (exact) mass is 384 g/mol. The van der Waals surface area contributed by atoms with Crippen molar-refractivity contribution in [1.82, 2.24) is 19.6 Å². The van der Waals surface area contributed by atoms with Crippen LogP contribution in [0.1, 0.15) is 23.5 Å². The van der Waals surface area contributed by atoms with Crippen LogP contribution in [-0.4, -0.2) is 32.7 Å². The lowest BCUT2D eigenvalue weighted by Gasteiger charge is -2.02. The number of esters is 1. The second kappa shape index (κ2) is 8.05. The summed E-state index contributed by atoms with van der Waals surface area (Å²) in [5, 5.41) is 6.17. The molecule has 0 spiro atoms. The van der Waals surface area contributed by atoms with Gasteiger partial charge in [-0.2, -0.15) is 9.49 Å². The number of ether oxygens (including phenoxy) is 1. The number of pyridine rings is 1. The van der Waals surface area contributed by atoms with Gasteiger partial charge in [-0.15, -0.1) is 11.3 Å². The number of aromatic nitrogens is 4. The summed E-state index contributed by atoms with van der Waals surface area (Å²) >= 11 is 1.30. The van der Waals surface area contributed by atoms with Gasteiger partial charge in [0.2, 0.25) is 5.95 Å². The van der Waals surface area contributed by atoms with Crippen molar-refractivity contribution >= 4 is 23.0 Å². The molecule has 4 aromatic rings. The van der Waals surface area contributed by atoms with E-state index >= 15 is 0 Å². The normalized spacial score (nSPS) is 10.4. The molecule has 4 rings (SSSR count). The molecule has 0 radical (unpaired) electrons. The van der Waals surface area contributed by atoms with Gasteiger partial charge in [0.15, 0.2) is 5.65 Å². The van der Waals surface area contributed by atoms with E-state index in [4.69, 9.17) is 4.74 Å². The highest BCUT2D eigenvalue weighted by molar-refractivity contribution is 7.12. The average Bonchev–Trinajstić information content (AvgIpc) is 3.35. The van der Waals surface area contributed by atoms with E-state index in [9.17, 15) is 9.18 Å². The zero-order valence-electron chi connectivity index (χ0n) is 15.0. The van der Waals surface area contributed by atoms with Crippen molar-refractivity contribution in [3.05, 3.63) is 59.2 Å². The lowest BCUT2D eigenvalue weighted by Crippen LogP contribution is -1.96. The minimum atomic E-state index is -0.549. The molecule has 4 heterocycles. The van der Waals surface area contributed by atoms with Gasteiger partial charge >= 0.3 is 5.97 Å². The maximum Gasteiger partial charge on any atom is 0.348 e. The van der Waals surface area contributed by atoms with Crippen molar-refractivity contribution in [2.75, 3.05) is 7.11 Å². The lowest BCUT2D eigenvalue weighted by atomic mass is 10.1. The van der Waals surface area contributed by atoms with E-state index < -0.39 is 5.95 Å². The number of hydrogen-bond donors (Lipinski definition) is 0. The van der Waals surface area contributed by atoms with Gasteiger partial charge in [0.25, 0.3) is 0 Å². The zero-order chi connectivity index (χ0) is 19.4. The van der Waals surface area contributed by atoms with Crippen LogP contribution < -0.4 is 0 Å². The highest BCUT2D eigenvalue weighted by atomic mass is 32.1. The Kier molecular flexibility index (Phi) is 5.56. The quantitative estimate of drug-likeness (QED) is 0.385. The number of hydrogen-bond acceptors (Lipinski definition) is 6. The number of rotatable bonds is 3. The van der Waals surface area contributed by atoms with Gasteiger partial charge in [0.1, 0.15) is 4.88 Å². The molecule has 0 unspecified atom stereocenters. The van der Waals surface area contributed by atoms with E-state index in [0.717, 1.165) is 16.7 Å². The Morgan fingerprint density at radius 1 is 1.15 bits per heavy atom. The van der Waals surface area contributed by atoms with Crippen LogP contribution in [0.25, 0.3) is 27.9 Å². The molecule has 138 valence electrons.